The second kappa shape index (κ2) is 7.20. The van der Waals surface area contributed by atoms with Crippen LogP contribution >= 0.6 is 0 Å². The summed E-state index contributed by atoms with van der Waals surface area (Å²) in [5, 5.41) is 21.6. The predicted molar refractivity (Wildman–Crippen MR) is 132 cm³/mol. The third-order valence-corrected chi connectivity index (χ3v) is 13.0. The predicted octanol–water partition coefficient (Wildman–Crippen LogP) is 6.19. The molecule has 1 saturated heterocycles. The highest BCUT2D eigenvalue weighted by molar-refractivity contribution is 5.35. The first kappa shape index (κ1) is 22.8. The maximum absolute atomic E-state index is 10.9. The zero-order valence-corrected chi connectivity index (χ0v) is 21.6. The highest BCUT2D eigenvalue weighted by Crippen LogP contribution is 2.88. The molecule has 33 heavy (non-hydrogen) atoms. The van der Waals surface area contributed by atoms with Gasteiger partial charge in [-0.3, -0.25) is 0 Å². The Morgan fingerprint density at radius 2 is 1.79 bits per heavy atom. The minimum atomic E-state index is -0.458. The zero-order chi connectivity index (χ0) is 23.4. The lowest BCUT2D eigenvalue weighted by molar-refractivity contribution is -0.138. The molecule has 1 heterocycles. The van der Waals surface area contributed by atoms with Crippen LogP contribution in [0.4, 0.5) is 0 Å². The van der Waals surface area contributed by atoms with Crippen molar-refractivity contribution in [2.45, 2.75) is 123 Å². The van der Waals surface area contributed by atoms with Gasteiger partial charge >= 0.3 is 0 Å². The Balaban J connectivity index is 1.30. The van der Waals surface area contributed by atoms with Crippen molar-refractivity contribution in [2.24, 2.45) is 39.4 Å². The number of hydrogen-bond acceptors (Lipinski definition) is 3. The maximum atomic E-state index is 10.9. The van der Waals surface area contributed by atoms with E-state index in [-0.39, 0.29) is 12.2 Å². The minimum Gasteiger partial charge on any atom is -0.389 e. The van der Waals surface area contributed by atoms with Crippen molar-refractivity contribution < 1.29 is 14.9 Å². The molecule has 2 N–H and O–H groups in total. The Labute approximate surface area is 201 Å². The average Bonchev–Trinajstić information content (AvgIpc) is 3.42. The molecule has 3 nitrogen and oxygen atoms in total. The Hall–Kier alpha value is -0.640. The summed E-state index contributed by atoms with van der Waals surface area (Å²) in [6, 6.07) is 0. The largest absolute Gasteiger partial charge is 0.389 e. The molecule has 5 aliphatic carbocycles. The van der Waals surface area contributed by atoms with Gasteiger partial charge in [-0.25, -0.2) is 0 Å². The van der Waals surface area contributed by atoms with Gasteiger partial charge in [0.15, 0.2) is 0 Å². The second-order valence-electron chi connectivity index (χ2n) is 13.4. The number of ether oxygens (including phenoxy) is 1. The van der Waals surface area contributed by atoms with Gasteiger partial charge < -0.3 is 14.9 Å². The molecule has 3 heteroatoms. The number of aliphatic hydroxyl groups excluding tert-OH is 2. The van der Waals surface area contributed by atoms with Crippen LogP contribution in [-0.4, -0.2) is 34.6 Å². The molecule has 0 aromatic rings. The van der Waals surface area contributed by atoms with E-state index in [2.05, 4.69) is 26.8 Å². The normalized spacial score (nSPS) is 57.4. The van der Waals surface area contributed by atoms with Crippen LogP contribution < -0.4 is 0 Å². The molecule has 0 amide bonds. The highest BCUT2D eigenvalue weighted by Gasteiger charge is 2.81. The molecule has 6 aliphatic rings. The standard InChI is InChI=1S/C30H46O3/c1-6-18(3)26(32)23-10-8-21-24(33-23)16-28(5)25-11-9-20-19(7-2)22(31)12-13-29(20)17-30(25,29)15-14-27(21,28)4/h6-7,20-26,31-32H,8-17H2,1-5H3/b18-6+,19-7-/t20-,21-,22?,23?,24?,25?,26-,27?,28-,29?,30?/m0/s1. The smallest absolute Gasteiger partial charge is 0.101 e. The topological polar surface area (TPSA) is 49.7 Å². The third kappa shape index (κ3) is 2.63. The molecule has 5 saturated carbocycles. The van der Waals surface area contributed by atoms with E-state index in [1.165, 1.54) is 56.9 Å². The van der Waals surface area contributed by atoms with Crippen molar-refractivity contribution >= 4 is 0 Å². The summed E-state index contributed by atoms with van der Waals surface area (Å²) in [7, 11) is 0. The fraction of sp³-hybridized carbons (Fsp3) is 0.867. The van der Waals surface area contributed by atoms with Crippen LogP contribution in [0.15, 0.2) is 23.3 Å². The van der Waals surface area contributed by atoms with Gasteiger partial charge in [0.1, 0.15) is 6.10 Å². The van der Waals surface area contributed by atoms with Gasteiger partial charge in [-0.05, 0) is 136 Å². The molecular weight excluding hydrogens is 408 g/mol. The van der Waals surface area contributed by atoms with Crippen LogP contribution in [0.3, 0.4) is 0 Å². The number of hydrogen-bond donors (Lipinski definition) is 2. The molecule has 0 radical (unpaired) electrons. The Morgan fingerprint density at radius 3 is 2.52 bits per heavy atom. The highest BCUT2D eigenvalue weighted by atomic mass is 16.5. The van der Waals surface area contributed by atoms with Crippen molar-refractivity contribution in [3.05, 3.63) is 23.3 Å². The molecule has 11 atom stereocenters. The first-order valence-corrected chi connectivity index (χ1v) is 14.0. The van der Waals surface area contributed by atoms with Gasteiger partial charge in [0, 0.05) is 0 Å². The van der Waals surface area contributed by atoms with Crippen molar-refractivity contribution in [3.63, 3.8) is 0 Å². The van der Waals surface area contributed by atoms with Crippen LogP contribution in [0.25, 0.3) is 0 Å². The van der Waals surface area contributed by atoms with E-state index >= 15 is 0 Å². The summed E-state index contributed by atoms with van der Waals surface area (Å²) in [6.45, 7) is 11.5. The summed E-state index contributed by atoms with van der Waals surface area (Å²) >= 11 is 0. The van der Waals surface area contributed by atoms with E-state index in [4.69, 9.17) is 4.74 Å². The molecule has 2 spiro atoms. The van der Waals surface area contributed by atoms with E-state index < -0.39 is 6.10 Å². The maximum Gasteiger partial charge on any atom is 0.101 e. The number of rotatable bonds is 2. The SMILES string of the molecule is C/C=C1\C(O)CCC23CC24CCC2(C)[C@H]5CCC([C@@H](O)/C(C)=C/C)OC5C[C@@]2(C)C4CC[C@@H]13. The third-order valence-electron chi connectivity index (χ3n) is 13.0. The lowest BCUT2D eigenvalue weighted by atomic mass is 9.43. The fourth-order valence-electron chi connectivity index (χ4n) is 11.1. The number of aliphatic hydroxyl groups is 2. The number of allylic oxidation sites excluding steroid dienone is 2. The Morgan fingerprint density at radius 1 is 1.00 bits per heavy atom. The monoisotopic (exact) mass is 454 g/mol. The van der Waals surface area contributed by atoms with Crippen LogP contribution in [0.5, 0.6) is 0 Å². The van der Waals surface area contributed by atoms with Gasteiger partial charge in [0.05, 0.1) is 18.3 Å². The Kier molecular flexibility index (Phi) is 4.97. The average molecular weight is 455 g/mol. The van der Waals surface area contributed by atoms with E-state index in [1.54, 1.807) is 0 Å². The van der Waals surface area contributed by atoms with Crippen molar-refractivity contribution in [1.82, 2.24) is 0 Å². The molecule has 7 unspecified atom stereocenters. The minimum absolute atomic E-state index is 0.0381. The van der Waals surface area contributed by atoms with Gasteiger partial charge in [-0.1, -0.05) is 26.0 Å². The van der Waals surface area contributed by atoms with Crippen molar-refractivity contribution in [3.8, 4) is 0 Å². The molecular formula is C30H46O3. The molecule has 184 valence electrons. The Bertz CT molecular complexity index is 891. The van der Waals surface area contributed by atoms with Crippen LogP contribution in [-0.2, 0) is 4.74 Å². The summed E-state index contributed by atoms with van der Waals surface area (Å²) in [4.78, 5) is 0. The van der Waals surface area contributed by atoms with Crippen LogP contribution in [0, 0.1) is 39.4 Å². The summed E-state index contributed by atoms with van der Waals surface area (Å²) < 4.78 is 6.76. The van der Waals surface area contributed by atoms with Gasteiger partial charge in [0.2, 0.25) is 0 Å². The molecule has 0 aromatic carbocycles. The van der Waals surface area contributed by atoms with Crippen molar-refractivity contribution in [2.75, 3.05) is 0 Å². The summed E-state index contributed by atoms with van der Waals surface area (Å²) in [6.07, 6.45) is 16.2. The quantitative estimate of drug-likeness (QED) is 0.489. The van der Waals surface area contributed by atoms with Gasteiger partial charge in [0.25, 0.3) is 0 Å². The summed E-state index contributed by atoms with van der Waals surface area (Å²) in [5.74, 6) is 2.06. The molecule has 0 aromatic heterocycles. The fourth-order valence-corrected chi connectivity index (χ4v) is 11.1. The zero-order valence-electron chi connectivity index (χ0n) is 21.6. The molecule has 6 rings (SSSR count). The summed E-state index contributed by atoms with van der Waals surface area (Å²) in [5.41, 5.74) is 4.08. The molecule has 0 bridgehead atoms. The van der Waals surface area contributed by atoms with Crippen LogP contribution in [0.1, 0.15) is 98.8 Å². The van der Waals surface area contributed by atoms with Gasteiger partial charge in [-0.15, -0.1) is 0 Å². The lowest BCUT2D eigenvalue weighted by Gasteiger charge is -2.61. The molecule has 6 fully saturated rings. The second-order valence-corrected chi connectivity index (χ2v) is 13.4. The first-order valence-electron chi connectivity index (χ1n) is 14.0. The van der Waals surface area contributed by atoms with E-state index in [1.807, 2.05) is 19.9 Å². The first-order chi connectivity index (χ1) is 15.7. The van der Waals surface area contributed by atoms with Crippen molar-refractivity contribution in [1.29, 1.82) is 0 Å². The molecule has 1 aliphatic heterocycles. The van der Waals surface area contributed by atoms with E-state index in [0.29, 0.717) is 39.6 Å². The van der Waals surface area contributed by atoms with Crippen LogP contribution in [0.2, 0.25) is 0 Å². The lowest BCUT2D eigenvalue weighted by Crippen LogP contribution is -2.55. The van der Waals surface area contributed by atoms with E-state index in [9.17, 15) is 10.2 Å². The number of fused-ring (bicyclic) bond motifs is 4. The van der Waals surface area contributed by atoms with Gasteiger partial charge in [-0.2, -0.15) is 0 Å². The van der Waals surface area contributed by atoms with E-state index in [0.717, 1.165) is 24.3 Å².